The first-order chi connectivity index (χ1) is 9.06. The van der Waals surface area contributed by atoms with Gasteiger partial charge in [0.25, 0.3) is 0 Å². The molecule has 0 saturated carbocycles. The summed E-state index contributed by atoms with van der Waals surface area (Å²) in [5.74, 6) is 0. The molecule has 0 spiro atoms. The smallest absolute Gasteiger partial charge is 0.0724 e. The summed E-state index contributed by atoms with van der Waals surface area (Å²) in [5, 5.41) is 1.84. The van der Waals surface area contributed by atoms with Gasteiger partial charge in [-0.15, -0.1) is 0 Å². The highest BCUT2D eigenvalue weighted by atomic mass is 35.5. The number of fused-ring (bicyclic) bond motifs is 1. The predicted molar refractivity (Wildman–Crippen MR) is 85.6 cm³/mol. The Morgan fingerprint density at radius 1 is 1.42 bits per heavy atom. The summed E-state index contributed by atoms with van der Waals surface area (Å²) in [6, 6.07) is 6.69. The number of nitrogens with zero attached hydrogens (tertiary/aromatic N) is 2. The average molecular weight is 291 g/mol. The summed E-state index contributed by atoms with van der Waals surface area (Å²) in [5.41, 5.74) is 3.05. The van der Waals surface area contributed by atoms with E-state index in [1.807, 2.05) is 19.2 Å². The Labute approximate surface area is 123 Å². The molecule has 3 rings (SSSR count). The van der Waals surface area contributed by atoms with Gasteiger partial charge >= 0.3 is 0 Å². The lowest BCUT2D eigenvalue weighted by atomic mass is 10.0. The van der Waals surface area contributed by atoms with E-state index in [1.54, 1.807) is 0 Å². The first-order valence-electron chi connectivity index (χ1n) is 6.43. The van der Waals surface area contributed by atoms with E-state index in [0.717, 1.165) is 38.6 Å². The van der Waals surface area contributed by atoms with Gasteiger partial charge in [-0.05, 0) is 38.5 Å². The fourth-order valence-corrected chi connectivity index (χ4v) is 2.82. The van der Waals surface area contributed by atoms with Gasteiger partial charge in [0.1, 0.15) is 0 Å². The van der Waals surface area contributed by atoms with E-state index in [9.17, 15) is 0 Å². The largest absolute Gasteiger partial charge is 0.367 e. The van der Waals surface area contributed by atoms with Crippen LogP contribution in [0.2, 0.25) is 5.02 Å². The molecule has 1 unspecified atom stereocenters. The van der Waals surface area contributed by atoms with Crippen molar-refractivity contribution in [2.24, 2.45) is 0 Å². The summed E-state index contributed by atoms with van der Waals surface area (Å²) >= 11 is 11.6. The Morgan fingerprint density at radius 2 is 2.21 bits per heavy atom. The van der Waals surface area contributed by atoms with Crippen molar-refractivity contribution in [2.75, 3.05) is 11.4 Å². The molecule has 4 heteroatoms. The van der Waals surface area contributed by atoms with Crippen LogP contribution in [0.5, 0.6) is 0 Å². The standard InChI is InChI=1S/C15H15ClN2S/c1-9-3-4-18(9)15-7-14-11(6-13(15)16)5-12(8-17-14)10(2)19/h5-9H,3-4H2,1-2H3. The summed E-state index contributed by atoms with van der Waals surface area (Å²) in [7, 11) is 0. The Bertz CT molecular complexity index is 668. The number of halogens is 1. The van der Waals surface area contributed by atoms with Crippen molar-refractivity contribution in [1.29, 1.82) is 0 Å². The van der Waals surface area contributed by atoms with E-state index in [2.05, 4.69) is 28.9 Å². The van der Waals surface area contributed by atoms with E-state index < -0.39 is 0 Å². The zero-order chi connectivity index (χ0) is 13.6. The van der Waals surface area contributed by atoms with Gasteiger partial charge in [0.05, 0.1) is 16.2 Å². The van der Waals surface area contributed by atoms with Gasteiger partial charge in [-0.2, -0.15) is 0 Å². The maximum Gasteiger partial charge on any atom is 0.0724 e. The van der Waals surface area contributed by atoms with Crippen molar-refractivity contribution in [1.82, 2.24) is 4.98 Å². The number of pyridine rings is 1. The molecule has 1 saturated heterocycles. The van der Waals surface area contributed by atoms with E-state index in [-0.39, 0.29) is 0 Å². The van der Waals surface area contributed by atoms with Crippen molar-refractivity contribution in [2.45, 2.75) is 26.3 Å². The monoisotopic (exact) mass is 290 g/mol. The Hall–Kier alpha value is -1.19. The molecule has 2 nitrogen and oxygen atoms in total. The number of thiocarbonyl (C=S) groups is 1. The minimum Gasteiger partial charge on any atom is -0.367 e. The SMILES string of the molecule is CC(=S)c1cnc2cc(N3CCC3C)c(Cl)cc2c1. The van der Waals surface area contributed by atoms with Gasteiger partial charge in [0.15, 0.2) is 0 Å². The van der Waals surface area contributed by atoms with Gasteiger partial charge in [0, 0.05) is 34.6 Å². The number of rotatable bonds is 2. The minimum absolute atomic E-state index is 0.567. The molecule has 0 radical (unpaired) electrons. The predicted octanol–water partition coefficient (Wildman–Crippen LogP) is 4.22. The lowest BCUT2D eigenvalue weighted by molar-refractivity contribution is 0.481. The van der Waals surface area contributed by atoms with Gasteiger partial charge in [-0.1, -0.05) is 23.8 Å². The van der Waals surface area contributed by atoms with Gasteiger partial charge in [-0.3, -0.25) is 4.98 Å². The Kier molecular flexibility index (Phi) is 3.19. The molecule has 0 amide bonds. The summed E-state index contributed by atoms with van der Waals surface area (Å²) in [6.07, 6.45) is 3.06. The molecule has 1 aromatic heterocycles. The van der Waals surface area contributed by atoms with Crippen molar-refractivity contribution >= 4 is 45.3 Å². The van der Waals surface area contributed by atoms with Crippen molar-refractivity contribution in [3.63, 3.8) is 0 Å². The first-order valence-corrected chi connectivity index (χ1v) is 7.22. The molecule has 1 aromatic carbocycles. The summed E-state index contributed by atoms with van der Waals surface area (Å²) in [4.78, 5) is 7.67. The molecule has 1 fully saturated rings. The molecule has 2 heterocycles. The highest BCUT2D eigenvalue weighted by Gasteiger charge is 2.25. The maximum absolute atomic E-state index is 6.41. The van der Waals surface area contributed by atoms with Crippen LogP contribution in [-0.2, 0) is 0 Å². The van der Waals surface area contributed by atoms with Crippen LogP contribution in [0.25, 0.3) is 10.9 Å². The van der Waals surface area contributed by atoms with Gasteiger partial charge in [-0.25, -0.2) is 0 Å². The molecule has 1 aliphatic heterocycles. The molecule has 0 N–H and O–H groups in total. The second kappa shape index (κ2) is 4.73. The summed E-state index contributed by atoms with van der Waals surface area (Å²) < 4.78 is 0. The zero-order valence-electron chi connectivity index (χ0n) is 11.0. The third-order valence-corrected chi connectivity index (χ3v) is 4.32. The van der Waals surface area contributed by atoms with E-state index in [1.165, 1.54) is 6.42 Å². The molecule has 0 aliphatic carbocycles. The van der Waals surface area contributed by atoms with Crippen LogP contribution in [0.15, 0.2) is 24.4 Å². The molecular formula is C15H15ClN2S. The third kappa shape index (κ3) is 2.21. The minimum atomic E-state index is 0.567. The van der Waals surface area contributed by atoms with Crippen LogP contribution in [-0.4, -0.2) is 22.4 Å². The fraction of sp³-hybridized carbons (Fsp3) is 0.333. The second-order valence-electron chi connectivity index (χ2n) is 5.11. The normalized spacial score (nSPS) is 18.5. The molecule has 19 heavy (non-hydrogen) atoms. The number of aromatic nitrogens is 1. The highest BCUT2D eigenvalue weighted by Crippen LogP contribution is 2.35. The maximum atomic E-state index is 6.41. The molecule has 0 bridgehead atoms. The Morgan fingerprint density at radius 3 is 2.79 bits per heavy atom. The topological polar surface area (TPSA) is 16.1 Å². The van der Waals surface area contributed by atoms with Crippen molar-refractivity contribution in [3.8, 4) is 0 Å². The molecular weight excluding hydrogens is 276 g/mol. The van der Waals surface area contributed by atoms with Crippen LogP contribution in [0.3, 0.4) is 0 Å². The lowest BCUT2D eigenvalue weighted by Crippen LogP contribution is -2.45. The average Bonchev–Trinajstić information content (AvgIpc) is 2.37. The molecule has 98 valence electrons. The number of hydrogen-bond acceptors (Lipinski definition) is 3. The van der Waals surface area contributed by atoms with Crippen LogP contribution < -0.4 is 4.90 Å². The van der Waals surface area contributed by atoms with Gasteiger partial charge < -0.3 is 4.90 Å². The number of anilines is 1. The second-order valence-corrected chi connectivity index (χ2v) is 6.13. The number of hydrogen-bond donors (Lipinski definition) is 0. The van der Waals surface area contributed by atoms with E-state index in [0.29, 0.717) is 6.04 Å². The van der Waals surface area contributed by atoms with E-state index in [4.69, 9.17) is 23.8 Å². The van der Waals surface area contributed by atoms with Crippen LogP contribution in [0, 0.1) is 0 Å². The molecule has 1 aliphatic rings. The summed E-state index contributed by atoms with van der Waals surface area (Å²) in [6.45, 7) is 5.20. The van der Waals surface area contributed by atoms with Crippen LogP contribution in [0.4, 0.5) is 5.69 Å². The van der Waals surface area contributed by atoms with Crippen molar-refractivity contribution < 1.29 is 0 Å². The van der Waals surface area contributed by atoms with E-state index >= 15 is 0 Å². The van der Waals surface area contributed by atoms with Crippen LogP contribution in [0.1, 0.15) is 25.8 Å². The lowest BCUT2D eigenvalue weighted by Gasteiger charge is -2.41. The fourth-order valence-electron chi connectivity index (χ4n) is 2.42. The highest BCUT2D eigenvalue weighted by molar-refractivity contribution is 7.80. The van der Waals surface area contributed by atoms with Gasteiger partial charge in [0.2, 0.25) is 0 Å². The molecule has 1 atom stereocenters. The zero-order valence-corrected chi connectivity index (χ0v) is 12.6. The third-order valence-electron chi connectivity index (χ3n) is 3.79. The quantitative estimate of drug-likeness (QED) is 0.608. The molecule has 2 aromatic rings. The number of benzene rings is 1. The first kappa shape index (κ1) is 12.8. The Balaban J connectivity index is 2.11. The van der Waals surface area contributed by atoms with Crippen LogP contribution >= 0.6 is 23.8 Å². The van der Waals surface area contributed by atoms with Crippen molar-refractivity contribution in [3.05, 3.63) is 35.0 Å².